The van der Waals surface area contributed by atoms with Gasteiger partial charge in [0, 0.05) is 5.56 Å². The molecule has 2 rings (SSSR count). The van der Waals surface area contributed by atoms with E-state index in [4.69, 9.17) is 9.11 Å². The van der Waals surface area contributed by atoms with Crippen LogP contribution in [0.3, 0.4) is 0 Å². The summed E-state index contributed by atoms with van der Waals surface area (Å²) >= 11 is 0. The Balaban J connectivity index is 2.77. The van der Waals surface area contributed by atoms with Gasteiger partial charge in [-0.1, -0.05) is 6.07 Å². The number of phenolic OH excluding ortho intramolecular Hbond substituents is 2. The van der Waals surface area contributed by atoms with E-state index in [0.29, 0.717) is 18.2 Å². The number of rotatable bonds is 4. The highest BCUT2D eigenvalue weighted by atomic mass is 32.2. The van der Waals surface area contributed by atoms with E-state index in [0.717, 1.165) is 12.1 Å². The second kappa shape index (κ2) is 5.87. The molecule has 4 N–H and O–H groups in total. The van der Waals surface area contributed by atoms with Gasteiger partial charge in [0.1, 0.15) is 17.1 Å². The maximum absolute atomic E-state index is 12.4. The molecule has 9 nitrogen and oxygen atoms in total. The lowest BCUT2D eigenvalue weighted by atomic mass is 10.0. The monoisotopic (exact) mass is 374 g/mol. The molecule has 0 aliphatic carbocycles. The van der Waals surface area contributed by atoms with Crippen LogP contribution < -0.4 is 0 Å². The van der Waals surface area contributed by atoms with E-state index in [1.54, 1.807) is 0 Å². The van der Waals surface area contributed by atoms with Gasteiger partial charge >= 0.3 is 0 Å². The Morgan fingerprint density at radius 2 is 1.21 bits per heavy atom. The lowest BCUT2D eigenvalue weighted by Crippen LogP contribution is -2.09. The van der Waals surface area contributed by atoms with Crippen LogP contribution in [0.1, 0.15) is 15.9 Å². The number of carbonyl (C=O) groups excluding carboxylic acids is 1. The molecule has 11 heteroatoms. The van der Waals surface area contributed by atoms with Gasteiger partial charge in [-0.25, -0.2) is 0 Å². The molecule has 2 aromatic carbocycles. The number of hydrogen-bond acceptors (Lipinski definition) is 7. The lowest BCUT2D eigenvalue weighted by Gasteiger charge is -2.09. The molecule has 0 aromatic heterocycles. The zero-order chi connectivity index (χ0) is 18.3. The number of ketones is 1. The third-order valence-corrected chi connectivity index (χ3v) is 4.65. The van der Waals surface area contributed by atoms with Crippen molar-refractivity contribution >= 4 is 26.0 Å². The van der Waals surface area contributed by atoms with E-state index in [9.17, 15) is 31.8 Å². The SMILES string of the molecule is O=C(c1cc(S(=O)(=O)O)cc(S(=O)(=O)O)c1)c1c(O)cccc1O. The standard InChI is InChI=1S/C13H10O9S2/c14-10-2-1-3-11(15)12(10)13(16)7-4-8(23(17,18)19)6-9(5-7)24(20,21)22/h1-6,14-15H,(H,17,18,19)(H,20,21,22). The number of phenols is 2. The highest BCUT2D eigenvalue weighted by Crippen LogP contribution is 2.30. The molecule has 0 aliphatic heterocycles. The van der Waals surface area contributed by atoms with Gasteiger partial charge in [0.05, 0.1) is 9.79 Å². The van der Waals surface area contributed by atoms with Crippen LogP contribution in [0.4, 0.5) is 0 Å². The van der Waals surface area contributed by atoms with Crippen LogP contribution >= 0.6 is 0 Å². The molecule has 0 aliphatic rings. The summed E-state index contributed by atoms with van der Waals surface area (Å²) in [5.41, 5.74) is -1.21. The first-order chi connectivity index (χ1) is 10.9. The Morgan fingerprint density at radius 3 is 1.58 bits per heavy atom. The molecule has 0 amide bonds. The third kappa shape index (κ3) is 3.54. The maximum Gasteiger partial charge on any atom is 0.294 e. The predicted molar refractivity (Wildman–Crippen MR) is 79.3 cm³/mol. The minimum Gasteiger partial charge on any atom is -0.507 e. The average Bonchev–Trinajstić information content (AvgIpc) is 2.44. The molecule has 0 heterocycles. The van der Waals surface area contributed by atoms with Crippen molar-refractivity contribution in [3.05, 3.63) is 47.5 Å². The molecule has 0 bridgehead atoms. The molecule has 0 fully saturated rings. The number of aromatic hydroxyl groups is 2. The summed E-state index contributed by atoms with van der Waals surface area (Å²) in [6, 6.07) is 5.11. The van der Waals surface area contributed by atoms with Crippen LogP contribution in [0.25, 0.3) is 0 Å². The number of benzene rings is 2. The Bertz CT molecular complexity index is 967. The fraction of sp³-hybridized carbons (Fsp3) is 0. The van der Waals surface area contributed by atoms with Crippen molar-refractivity contribution in [2.45, 2.75) is 9.79 Å². The largest absolute Gasteiger partial charge is 0.507 e. The second-order valence-electron chi connectivity index (χ2n) is 4.64. The van der Waals surface area contributed by atoms with E-state index in [1.807, 2.05) is 0 Å². The van der Waals surface area contributed by atoms with Crippen molar-refractivity contribution in [2.75, 3.05) is 0 Å². The molecule has 0 atom stereocenters. The molecular weight excluding hydrogens is 364 g/mol. The fourth-order valence-electron chi connectivity index (χ4n) is 1.91. The Hall–Kier alpha value is -2.47. The zero-order valence-corrected chi connectivity index (χ0v) is 13.2. The first kappa shape index (κ1) is 17.9. The van der Waals surface area contributed by atoms with Crippen LogP contribution in [0.15, 0.2) is 46.2 Å². The van der Waals surface area contributed by atoms with Crippen molar-refractivity contribution in [3.63, 3.8) is 0 Å². The zero-order valence-electron chi connectivity index (χ0n) is 11.6. The van der Waals surface area contributed by atoms with Crippen LogP contribution in [0.2, 0.25) is 0 Å². The molecule has 0 saturated heterocycles. The molecule has 0 spiro atoms. The summed E-state index contributed by atoms with van der Waals surface area (Å²) in [5, 5.41) is 19.3. The van der Waals surface area contributed by atoms with Gasteiger partial charge in [0.15, 0.2) is 0 Å². The predicted octanol–water partition coefficient (Wildman–Crippen LogP) is 0.822. The quantitative estimate of drug-likeness (QED) is 0.447. The van der Waals surface area contributed by atoms with E-state index < -0.39 is 58.4 Å². The Kier molecular flexibility index (Phi) is 4.37. The summed E-state index contributed by atoms with van der Waals surface area (Å²) in [6.45, 7) is 0. The molecular formula is C13H10O9S2. The smallest absolute Gasteiger partial charge is 0.294 e. The van der Waals surface area contributed by atoms with Crippen LogP contribution in [0, 0.1) is 0 Å². The Labute approximate surface area is 136 Å². The molecule has 0 saturated carbocycles. The minimum absolute atomic E-state index is 0.451. The first-order valence-electron chi connectivity index (χ1n) is 6.07. The van der Waals surface area contributed by atoms with Crippen LogP contribution in [0.5, 0.6) is 11.5 Å². The summed E-state index contributed by atoms with van der Waals surface area (Å²) in [6.07, 6.45) is 0. The molecule has 2 aromatic rings. The average molecular weight is 374 g/mol. The van der Waals surface area contributed by atoms with E-state index >= 15 is 0 Å². The van der Waals surface area contributed by atoms with Crippen molar-refractivity contribution < 1.29 is 40.9 Å². The van der Waals surface area contributed by atoms with Crippen molar-refractivity contribution in [1.82, 2.24) is 0 Å². The highest BCUT2D eigenvalue weighted by molar-refractivity contribution is 7.86. The molecule has 128 valence electrons. The molecule has 0 unspecified atom stereocenters. The maximum atomic E-state index is 12.4. The van der Waals surface area contributed by atoms with Crippen molar-refractivity contribution in [3.8, 4) is 11.5 Å². The highest BCUT2D eigenvalue weighted by Gasteiger charge is 2.24. The normalized spacial score (nSPS) is 12.1. The minimum atomic E-state index is -4.90. The summed E-state index contributed by atoms with van der Waals surface area (Å²) < 4.78 is 63.0. The molecule has 24 heavy (non-hydrogen) atoms. The van der Waals surface area contributed by atoms with E-state index in [-0.39, 0.29) is 0 Å². The van der Waals surface area contributed by atoms with Gasteiger partial charge in [-0.15, -0.1) is 0 Å². The van der Waals surface area contributed by atoms with E-state index in [1.165, 1.54) is 6.07 Å². The summed E-state index contributed by atoms with van der Waals surface area (Å²) in [5.74, 6) is -2.39. The van der Waals surface area contributed by atoms with Gasteiger partial charge < -0.3 is 10.2 Å². The van der Waals surface area contributed by atoms with E-state index in [2.05, 4.69) is 0 Å². The van der Waals surface area contributed by atoms with Gasteiger partial charge in [0.2, 0.25) is 5.78 Å². The number of hydrogen-bond donors (Lipinski definition) is 4. The fourth-order valence-corrected chi connectivity index (χ4v) is 3.08. The lowest BCUT2D eigenvalue weighted by molar-refractivity contribution is 0.103. The topological polar surface area (TPSA) is 166 Å². The summed E-state index contributed by atoms with van der Waals surface area (Å²) in [4.78, 5) is 10.4. The van der Waals surface area contributed by atoms with Gasteiger partial charge in [-0.3, -0.25) is 13.9 Å². The Morgan fingerprint density at radius 1 is 0.792 bits per heavy atom. The third-order valence-electron chi connectivity index (χ3n) is 2.99. The molecule has 0 radical (unpaired) electrons. The van der Waals surface area contributed by atoms with Gasteiger partial charge in [-0.2, -0.15) is 16.8 Å². The first-order valence-corrected chi connectivity index (χ1v) is 8.95. The van der Waals surface area contributed by atoms with Gasteiger partial charge in [-0.05, 0) is 30.3 Å². The summed E-state index contributed by atoms with van der Waals surface area (Å²) in [7, 11) is -9.79. The van der Waals surface area contributed by atoms with Crippen LogP contribution in [-0.2, 0) is 20.2 Å². The van der Waals surface area contributed by atoms with Gasteiger partial charge in [0.25, 0.3) is 20.2 Å². The number of carbonyl (C=O) groups is 1. The van der Waals surface area contributed by atoms with Crippen LogP contribution in [-0.4, -0.2) is 41.9 Å². The second-order valence-corrected chi connectivity index (χ2v) is 7.49. The van der Waals surface area contributed by atoms with Crippen molar-refractivity contribution in [1.29, 1.82) is 0 Å². The van der Waals surface area contributed by atoms with Crippen molar-refractivity contribution in [2.24, 2.45) is 0 Å².